The van der Waals surface area contributed by atoms with E-state index in [-0.39, 0.29) is 0 Å². The molecule has 0 bridgehead atoms. The van der Waals surface area contributed by atoms with Gasteiger partial charge in [-0.3, -0.25) is 0 Å². The molecular formula is C12H17Cl2N3. The number of hydrogen-bond acceptors (Lipinski definition) is 3. The van der Waals surface area contributed by atoms with Gasteiger partial charge in [0.1, 0.15) is 11.6 Å². The molecule has 1 fully saturated rings. The number of nitrogens with zero attached hydrogens (tertiary/aromatic N) is 2. The molecule has 2 unspecified atom stereocenters. The Kier molecular flexibility index (Phi) is 3.69. The highest BCUT2D eigenvalue weighted by Gasteiger charge is 2.26. The molecule has 1 aromatic rings. The van der Waals surface area contributed by atoms with Crippen LogP contribution in [0.4, 0.5) is 11.6 Å². The van der Waals surface area contributed by atoms with Crippen molar-refractivity contribution < 1.29 is 0 Å². The van der Waals surface area contributed by atoms with Crippen LogP contribution in [-0.2, 0) is 0 Å². The summed E-state index contributed by atoms with van der Waals surface area (Å²) in [5, 5.41) is 0.988. The summed E-state index contributed by atoms with van der Waals surface area (Å²) in [6.45, 7) is 5.40. The van der Waals surface area contributed by atoms with Crippen LogP contribution in [0.15, 0.2) is 6.07 Å². The molecule has 0 radical (unpaired) electrons. The van der Waals surface area contributed by atoms with Crippen LogP contribution in [0.25, 0.3) is 0 Å². The van der Waals surface area contributed by atoms with Gasteiger partial charge in [-0.15, -0.1) is 0 Å². The van der Waals surface area contributed by atoms with Gasteiger partial charge in [-0.2, -0.15) is 0 Å². The summed E-state index contributed by atoms with van der Waals surface area (Å²) in [4.78, 5) is 6.55. The molecule has 0 amide bonds. The van der Waals surface area contributed by atoms with Gasteiger partial charge in [-0.05, 0) is 31.7 Å². The van der Waals surface area contributed by atoms with E-state index in [4.69, 9.17) is 28.9 Å². The number of pyridine rings is 1. The van der Waals surface area contributed by atoms with Crippen LogP contribution < -0.4 is 10.6 Å². The van der Waals surface area contributed by atoms with Crippen LogP contribution in [0.1, 0.15) is 26.7 Å². The normalized spacial score (nSPS) is 25.1. The molecule has 0 saturated carbocycles. The summed E-state index contributed by atoms with van der Waals surface area (Å²) in [5.41, 5.74) is 5.75. The van der Waals surface area contributed by atoms with Crippen molar-refractivity contribution in [2.75, 3.05) is 17.2 Å². The molecule has 2 atom stereocenters. The zero-order valence-corrected chi connectivity index (χ0v) is 11.6. The Hall–Kier alpha value is -0.670. The Morgan fingerprint density at radius 2 is 2.00 bits per heavy atom. The summed E-state index contributed by atoms with van der Waals surface area (Å²) in [6, 6.07) is 2.11. The largest absolute Gasteiger partial charge is 0.382 e. The van der Waals surface area contributed by atoms with Crippen LogP contribution in [0, 0.1) is 5.92 Å². The monoisotopic (exact) mass is 273 g/mol. The average molecular weight is 274 g/mol. The molecule has 1 saturated heterocycles. The minimum absolute atomic E-state index is 0.344. The van der Waals surface area contributed by atoms with Crippen molar-refractivity contribution in [1.82, 2.24) is 4.98 Å². The highest BCUT2D eigenvalue weighted by Crippen LogP contribution is 2.34. The minimum Gasteiger partial charge on any atom is -0.382 e. The molecule has 1 aliphatic rings. The van der Waals surface area contributed by atoms with Gasteiger partial charge >= 0.3 is 0 Å². The molecule has 94 valence electrons. The predicted octanol–water partition coefficient (Wildman–Crippen LogP) is 3.60. The molecule has 0 aromatic carbocycles. The molecule has 1 aromatic heterocycles. The lowest BCUT2D eigenvalue weighted by molar-refractivity contribution is 0.388. The van der Waals surface area contributed by atoms with Crippen LogP contribution in [0.3, 0.4) is 0 Å². The number of hydrogen-bond donors (Lipinski definition) is 1. The average Bonchev–Trinajstić information content (AvgIpc) is 2.27. The highest BCUT2D eigenvalue weighted by atomic mass is 35.5. The molecule has 2 heterocycles. The smallest absolute Gasteiger partial charge is 0.150 e. The van der Waals surface area contributed by atoms with Gasteiger partial charge in [0, 0.05) is 12.6 Å². The fourth-order valence-electron chi connectivity index (χ4n) is 2.26. The second-order valence-corrected chi connectivity index (χ2v) is 5.66. The first-order valence-electron chi connectivity index (χ1n) is 5.87. The van der Waals surface area contributed by atoms with Crippen molar-refractivity contribution in [3.63, 3.8) is 0 Å². The van der Waals surface area contributed by atoms with Crippen molar-refractivity contribution in [3.8, 4) is 0 Å². The first kappa shape index (κ1) is 12.8. The molecule has 0 spiro atoms. The van der Waals surface area contributed by atoms with E-state index < -0.39 is 0 Å². The third kappa shape index (κ3) is 2.61. The van der Waals surface area contributed by atoms with Crippen LogP contribution >= 0.6 is 23.2 Å². The van der Waals surface area contributed by atoms with Gasteiger partial charge < -0.3 is 10.6 Å². The van der Waals surface area contributed by atoms with Crippen LogP contribution in [-0.4, -0.2) is 17.6 Å². The molecule has 1 aliphatic heterocycles. The SMILES string of the molecule is CC1CCC(C)N(c2nc(N)c(Cl)cc2Cl)C1. The van der Waals surface area contributed by atoms with Gasteiger partial charge in [0.2, 0.25) is 0 Å². The van der Waals surface area contributed by atoms with Crippen molar-refractivity contribution >= 4 is 34.8 Å². The fraction of sp³-hybridized carbons (Fsp3) is 0.583. The lowest BCUT2D eigenvalue weighted by Crippen LogP contribution is -2.41. The standard InChI is InChI=1S/C12H17Cl2N3/c1-7-3-4-8(2)17(6-7)12-10(14)5-9(13)11(15)16-12/h5,7-8H,3-4,6H2,1-2H3,(H2,15,16). The maximum atomic E-state index is 6.20. The number of piperidine rings is 1. The second-order valence-electron chi connectivity index (χ2n) is 4.84. The Labute approximate surface area is 112 Å². The zero-order valence-electron chi connectivity index (χ0n) is 10.1. The van der Waals surface area contributed by atoms with Crippen molar-refractivity contribution in [2.45, 2.75) is 32.7 Å². The molecule has 17 heavy (non-hydrogen) atoms. The fourth-order valence-corrected chi connectivity index (χ4v) is 2.72. The second kappa shape index (κ2) is 4.91. The van der Waals surface area contributed by atoms with Crippen molar-refractivity contribution in [3.05, 3.63) is 16.1 Å². The molecule has 3 nitrogen and oxygen atoms in total. The molecule has 5 heteroatoms. The summed E-state index contributed by atoms with van der Waals surface area (Å²) < 4.78 is 0. The maximum absolute atomic E-state index is 6.20. The van der Waals surface area contributed by atoms with Gasteiger partial charge in [-0.25, -0.2) is 4.98 Å². The van der Waals surface area contributed by atoms with Crippen LogP contribution in [0.5, 0.6) is 0 Å². The number of nitrogens with two attached hydrogens (primary N) is 1. The van der Waals surface area contributed by atoms with E-state index in [2.05, 4.69) is 23.7 Å². The Morgan fingerprint density at radius 3 is 2.71 bits per heavy atom. The molecule has 2 rings (SSSR count). The van der Waals surface area contributed by atoms with Gasteiger partial charge in [0.15, 0.2) is 0 Å². The van der Waals surface area contributed by atoms with E-state index in [0.717, 1.165) is 18.8 Å². The number of aromatic nitrogens is 1. The van der Waals surface area contributed by atoms with Crippen molar-refractivity contribution in [2.24, 2.45) is 5.92 Å². The number of nitrogen functional groups attached to an aromatic ring is 1. The molecular weight excluding hydrogens is 257 g/mol. The third-order valence-corrected chi connectivity index (χ3v) is 3.91. The molecule has 2 N–H and O–H groups in total. The first-order chi connectivity index (χ1) is 7.99. The number of halogens is 2. The quantitative estimate of drug-likeness (QED) is 0.850. The first-order valence-corrected chi connectivity index (χ1v) is 6.62. The minimum atomic E-state index is 0.344. The number of anilines is 2. The summed E-state index contributed by atoms with van der Waals surface area (Å²) in [6.07, 6.45) is 2.40. The van der Waals surface area contributed by atoms with E-state index in [1.54, 1.807) is 6.07 Å². The summed E-state index contributed by atoms with van der Waals surface area (Å²) >= 11 is 12.1. The van der Waals surface area contributed by atoms with E-state index in [9.17, 15) is 0 Å². The number of rotatable bonds is 1. The Morgan fingerprint density at radius 1 is 1.29 bits per heavy atom. The zero-order chi connectivity index (χ0) is 12.6. The maximum Gasteiger partial charge on any atom is 0.150 e. The van der Waals surface area contributed by atoms with E-state index in [0.29, 0.717) is 27.8 Å². The lowest BCUT2D eigenvalue weighted by atomic mass is 9.95. The van der Waals surface area contributed by atoms with Gasteiger partial charge in [0.25, 0.3) is 0 Å². The van der Waals surface area contributed by atoms with Gasteiger partial charge in [-0.1, -0.05) is 30.1 Å². The predicted molar refractivity (Wildman–Crippen MR) is 73.9 cm³/mol. The van der Waals surface area contributed by atoms with Crippen LogP contribution in [0.2, 0.25) is 10.0 Å². The Balaban J connectivity index is 2.35. The van der Waals surface area contributed by atoms with E-state index in [1.807, 2.05) is 0 Å². The van der Waals surface area contributed by atoms with Crippen molar-refractivity contribution in [1.29, 1.82) is 0 Å². The highest BCUT2D eigenvalue weighted by molar-refractivity contribution is 6.37. The third-order valence-electron chi connectivity index (χ3n) is 3.33. The van der Waals surface area contributed by atoms with Gasteiger partial charge in [0.05, 0.1) is 10.0 Å². The Bertz CT molecular complexity index is 422. The molecule has 0 aliphatic carbocycles. The topological polar surface area (TPSA) is 42.2 Å². The lowest BCUT2D eigenvalue weighted by Gasteiger charge is -2.38. The van der Waals surface area contributed by atoms with E-state index in [1.165, 1.54) is 6.42 Å². The summed E-state index contributed by atoms with van der Waals surface area (Å²) in [7, 11) is 0. The summed E-state index contributed by atoms with van der Waals surface area (Å²) in [5.74, 6) is 1.75. The van der Waals surface area contributed by atoms with E-state index >= 15 is 0 Å².